The minimum Gasteiger partial charge on any atom is -0.443 e. The topological polar surface area (TPSA) is 97.7 Å². The van der Waals surface area contributed by atoms with Gasteiger partial charge < -0.3 is 10.1 Å². The van der Waals surface area contributed by atoms with Crippen LogP contribution in [0.15, 0.2) is 48.3 Å². The molecular weight excluding hydrogens is 410 g/mol. The molecular formula is C24H23N3O5. The normalized spacial score (nSPS) is 16.0. The monoisotopic (exact) mass is 433 g/mol. The predicted molar refractivity (Wildman–Crippen MR) is 120 cm³/mol. The van der Waals surface area contributed by atoms with E-state index in [1.807, 2.05) is 36.4 Å². The van der Waals surface area contributed by atoms with Gasteiger partial charge in [0.05, 0.1) is 5.52 Å². The molecule has 32 heavy (non-hydrogen) atoms. The second-order valence-corrected chi connectivity index (χ2v) is 8.63. The molecule has 0 saturated carbocycles. The Kier molecular flexibility index (Phi) is 5.08. The number of piperazine rings is 1. The average molecular weight is 433 g/mol. The maximum atomic E-state index is 13.0. The summed E-state index contributed by atoms with van der Waals surface area (Å²) in [5.74, 6) is -1.58. The smallest absolute Gasteiger partial charge is 0.419 e. The lowest BCUT2D eigenvalue weighted by Crippen LogP contribution is -2.51. The molecule has 1 aliphatic rings. The van der Waals surface area contributed by atoms with E-state index in [1.165, 1.54) is 17.6 Å². The number of carbonyl (C=O) groups excluding carboxylic acids is 4. The van der Waals surface area contributed by atoms with Gasteiger partial charge in [-0.2, -0.15) is 0 Å². The van der Waals surface area contributed by atoms with E-state index in [0.717, 1.165) is 15.7 Å². The number of hydrogen-bond acceptors (Lipinski definition) is 5. The lowest BCUT2D eigenvalue weighted by molar-refractivity contribution is -0.147. The molecule has 2 aromatic carbocycles. The van der Waals surface area contributed by atoms with Gasteiger partial charge in [0.25, 0.3) is 5.91 Å². The van der Waals surface area contributed by atoms with Crippen LogP contribution in [0.3, 0.4) is 0 Å². The van der Waals surface area contributed by atoms with Gasteiger partial charge in [-0.05, 0) is 32.2 Å². The molecule has 8 heteroatoms. The molecule has 0 aliphatic carbocycles. The number of nitrogens with one attached hydrogen (secondary N) is 1. The molecule has 0 spiro atoms. The van der Waals surface area contributed by atoms with Crippen LogP contribution >= 0.6 is 0 Å². The zero-order valence-corrected chi connectivity index (χ0v) is 18.3. The molecule has 0 atom stereocenters. The second kappa shape index (κ2) is 7.64. The lowest BCUT2D eigenvalue weighted by Gasteiger charge is -2.25. The summed E-state index contributed by atoms with van der Waals surface area (Å²) in [6, 6.07) is 11.4. The molecule has 4 rings (SSSR count). The number of fused-ring (bicyclic) bond motifs is 3. The van der Waals surface area contributed by atoms with Crippen molar-refractivity contribution in [1.29, 1.82) is 0 Å². The number of imide groups is 1. The summed E-state index contributed by atoms with van der Waals surface area (Å²) < 4.78 is 6.99. The van der Waals surface area contributed by atoms with Gasteiger partial charge in [0.15, 0.2) is 0 Å². The quantitative estimate of drug-likeness (QED) is 0.593. The van der Waals surface area contributed by atoms with E-state index in [2.05, 4.69) is 5.32 Å². The van der Waals surface area contributed by atoms with Crippen LogP contribution in [-0.2, 0) is 19.1 Å². The van der Waals surface area contributed by atoms with Crippen LogP contribution in [-0.4, -0.2) is 45.4 Å². The van der Waals surface area contributed by atoms with Crippen molar-refractivity contribution in [3.05, 3.63) is 53.9 Å². The fourth-order valence-electron chi connectivity index (χ4n) is 3.70. The summed E-state index contributed by atoms with van der Waals surface area (Å²) in [4.78, 5) is 50.4. The van der Waals surface area contributed by atoms with E-state index in [0.29, 0.717) is 16.5 Å². The van der Waals surface area contributed by atoms with E-state index in [1.54, 1.807) is 27.0 Å². The number of nitrogens with zero attached hydrogens (tertiary/aromatic N) is 2. The molecule has 1 fully saturated rings. The van der Waals surface area contributed by atoms with Crippen LogP contribution in [0.5, 0.6) is 0 Å². The summed E-state index contributed by atoms with van der Waals surface area (Å²) in [6.07, 6.45) is 2.49. The van der Waals surface area contributed by atoms with E-state index in [4.69, 9.17) is 4.74 Å². The first kappa shape index (κ1) is 21.3. The molecule has 8 nitrogen and oxygen atoms in total. The van der Waals surface area contributed by atoms with Crippen LogP contribution in [0.2, 0.25) is 0 Å². The van der Waals surface area contributed by atoms with Crippen molar-refractivity contribution in [1.82, 2.24) is 14.8 Å². The molecule has 1 aromatic heterocycles. The van der Waals surface area contributed by atoms with Crippen LogP contribution < -0.4 is 5.32 Å². The molecule has 1 saturated heterocycles. The number of hydrogen-bond donors (Lipinski definition) is 1. The predicted octanol–water partition coefficient (Wildman–Crippen LogP) is 3.42. The summed E-state index contributed by atoms with van der Waals surface area (Å²) in [7, 11) is 0. The number of benzene rings is 2. The molecule has 164 valence electrons. The summed E-state index contributed by atoms with van der Waals surface area (Å²) in [5, 5.41) is 5.00. The highest BCUT2D eigenvalue weighted by Gasteiger charge is 2.31. The van der Waals surface area contributed by atoms with Crippen molar-refractivity contribution in [2.24, 2.45) is 0 Å². The van der Waals surface area contributed by atoms with Crippen LogP contribution in [0.1, 0.15) is 33.3 Å². The average Bonchev–Trinajstić information content (AvgIpc) is 3.08. The fourth-order valence-corrected chi connectivity index (χ4v) is 3.70. The number of carbonyl (C=O) groups is 4. The summed E-state index contributed by atoms with van der Waals surface area (Å²) in [5.41, 5.74) is 0.423. The van der Waals surface area contributed by atoms with E-state index in [9.17, 15) is 19.2 Å². The number of rotatable bonds is 1. The highest BCUT2D eigenvalue weighted by Crippen LogP contribution is 2.31. The van der Waals surface area contributed by atoms with Crippen molar-refractivity contribution in [2.45, 2.75) is 33.3 Å². The molecule has 0 bridgehead atoms. The summed E-state index contributed by atoms with van der Waals surface area (Å²) >= 11 is 0. The minimum absolute atomic E-state index is 0.0344. The summed E-state index contributed by atoms with van der Waals surface area (Å²) in [6.45, 7) is 6.25. The third kappa shape index (κ3) is 3.87. The van der Waals surface area contributed by atoms with Gasteiger partial charge in [-0.1, -0.05) is 36.4 Å². The first-order valence-electron chi connectivity index (χ1n) is 10.2. The van der Waals surface area contributed by atoms with E-state index in [-0.39, 0.29) is 12.2 Å². The Morgan fingerprint density at radius 2 is 1.78 bits per heavy atom. The Morgan fingerprint density at radius 1 is 1.06 bits per heavy atom. The van der Waals surface area contributed by atoms with Gasteiger partial charge in [0, 0.05) is 29.5 Å². The first-order chi connectivity index (χ1) is 15.0. The van der Waals surface area contributed by atoms with Crippen molar-refractivity contribution in [3.8, 4) is 0 Å². The lowest BCUT2D eigenvalue weighted by atomic mass is 10.0. The molecule has 1 aliphatic heterocycles. The maximum absolute atomic E-state index is 13.0. The number of amides is 3. The third-order valence-electron chi connectivity index (χ3n) is 5.04. The second-order valence-electron chi connectivity index (χ2n) is 8.63. The van der Waals surface area contributed by atoms with E-state index < -0.39 is 29.4 Å². The Hall–Kier alpha value is -3.94. The SMILES string of the molecule is CC(=O)N1CC(=O)N/C(=C\c2cn(C(=O)OC(C)(C)C)c3c2ccc2ccccc23)C1=O. The highest BCUT2D eigenvalue weighted by molar-refractivity contribution is 6.15. The minimum atomic E-state index is -0.702. The Bertz CT molecular complexity index is 1330. The molecule has 2 heterocycles. The third-order valence-corrected chi connectivity index (χ3v) is 5.04. The largest absolute Gasteiger partial charge is 0.443 e. The molecule has 3 aromatic rings. The Morgan fingerprint density at radius 3 is 2.47 bits per heavy atom. The van der Waals surface area contributed by atoms with Crippen LogP contribution in [0.4, 0.5) is 4.79 Å². The van der Waals surface area contributed by atoms with Crippen LogP contribution in [0.25, 0.3) is 27.8 Å². The number of aromatic nitrogens is 1. The highest BCUT2D eigenvalue weighted by atomic mass is 16.6. The van der Waals surface area contributed by atoms with Crippen molar-refractivity contribution < 1.29 is 23.9 Å². The maximum Gasteiger partial charge on any atom is 0.419 e. The molecule has 0 radical (unpaired) electrons. The van der Waals surface area contributed by atoms with Gasteiger partial charge >= 0.3 is 6.09 Å². The fraction of sp³-hybridized carbons (Fsp3) is 0.250. The molecule has 0 unspecified atom stereocenters. The zero-order valence-electron chi connectivity index (χ0n) is 18.3. The molecule has 1 N–H and O–H groups in total. The van der Waals surface area contributed by atoms with Crippen molar-refractivity contribution in [2.75, 3.05) is 6.54 Å². The zero-order chi connectivity index (χ0) is 23.2. The van der Waals surface area contributed by atoms with Gasteiger partial charge in [-0.15, -0.1) is 0 Å². The van der Waals surface area contributed by atoms with Gasteiger partial charge in [-0.25, -0.2) is 4.79 Å². The molecule has 3 amide bonds. The van der Waals surface area contributed by atoms with Crippen molar-refractivity contribution in [3.63, 3.8) is 0 Å². The number of ether oxygens (including phenoxy) is 1. The van der Waals surface area contributed by atoms with E-state index >= 15 is 0 Å². The standard InChI is InChI=1S/C24H23N3O5/c1-14(28)26-13-20(29)25-19(22(26)30)11-16-12-27(23(31)32-24(2,3)4)21-17-8-6-5-7-15(17)9-10-18(16)21/h5-12H,13H2,1-4H3,(H,25,29)/b19-11-. The van der Waals surface area contributed by atoms with Gasteiger partial charge in [0.1, 0.15) is 17.8 Å². The van der Waals surface area contributed by atoms with Gasteiger partial charge in [-0.3, -0.25) is 23.9 Å². The first-order valence-corrected chi connectivity index (χ1v) is 10.2. The Labute approximate surface area is 184 Å². The van der Waals surface area contributed by atoms with Gasteiger partial charge in [0.2, 0.25) is 11.8 Å². The van der Waals surface area contributed by atoms with Crippen LogP contribution in [0, 0.1) is 0 Å². The Balaban J connectivity index is 1.93. The van der Waals surface area contributed by atoms with Crippen molar-refractivity contribution >= 4 is 51.6 Å².